The molecule has 7 nitrogen and oxygen atoms in total. The fourth-order valence-electron chi connectivity index (χ4n) is 3.89. The van der Waals surface area contributed by atoms with Gasteiger partial charge in [0, 0.05) is 42.9 Å². The van der Waals surface area contributed by atoms with Gasteiger partial charge in [-0.15, -0.1) is 11.3 Å². The van der Waals surface area contributed by atoms with Crippen molar-refractivity contribution in [2.24, 2.45) is 0 Å². The number of halogens is 3. The summed E-state index contributed by atoms with van der Waals surface area (Å²) in [6.07, 6.45) is 1.97. The highest BCUT2D eigenvalue weighted by atomic mass is 32.1. The number of rotatable bonds is 4. The average molecular weight is 473 g/mol. The van der Waals surface area contributed by atoms with Crippen molar-refractivity contribution in [2.75, 3.05) is 31.6 Å². The number of hydrogen-bond acceptors (Lipinski definition) is 7. The molecular weight excluding hydrogens is 445 g/mol. The number of ether oxygens (including phenoxy) is 1. The predicted octanol–water partition coefficient (Wildman–Crippen LogP) is 3.74. The SMILES string of the molecule is Cc1cnc(N2CCC3(CC2)CC(N(C)Cc2cccs2)CO3)nc1.O=C(O)C(F)(F)F. The van der Waals surface area contributed by atoms with Crippen molar-refractivity contribution in [1.82, 2.24) is 14.9 Å². The van der Waals surface area contributed by atoms with Gasteiger partial charge in [-0.25, -0.2) is 14.8 Å². The highest BCUT2D eigenvalue weighted by Gasteiger charge is 2.44. The van der Waals surface area contributed by atoms with E-state index in [4.69, 9.17) is 14.6 Å². The first-order valence-corrected chi connectivity index (χ1v) is 11.2. The highest BCUT2D eigenvalue weighted by Crippen LogP contribution is 2.38. The second-order valence-corrected chi connectivity index (χ2v) is 9.23. The summed E-state index contributed by atoms with van der Waals surface area (Å²) in [5, 5.41) is 9.28. The van der Waals surface area contributed by atoms with Crippen LogP contribution in [0.3, 0.4) is 0 Å². The van der Waals surface area contributed by atoms with E-state index < -0.39 is 12.1 Å². The molecule has 1 atom stereocenters. The number of carbonyl (C=O) groups is 1. The lowest BCUT2D eigenvalue weighted by atomic mass is 9.87. The lowest BCUT2D eigenvalue weighted by Crippen LogP contribution is -2.45. The van der Waals surface area contributed by atoms with Crippen LogP contribution in [0.15, 0.2) is 29.9 Å². The van der Waals surface area contributed by atoms with E-state index in [1.165, 1.54) is 4.88 Å². The van der Waals surface area contributed by atoms with Gasteiger partial charge in [-0.3, -0.25) is 4.90 Å². The number of thiophene rings is 1. The van der Waals surface area contributed by atoms with Gasteiger partial charge in [-0.05, 0) is 50.2 Å². The van der Waals surface area contributed by atoms with Gasteiger partial charge in [0.15, 0.2) is 0 Å². The van der Waals surface area contributed by atoms with Gasteiger partial charge in [-0.2, -0.15) is 13.2 Å². The van der Waals surface area contributed by atoms with Crippen LogP contribution in [0.5, 0.6) is 0 Å². The normalized spacial score (nSPS) is 20.3. The number of alkyl halides is 3. The first-order chi connectivity index (χ1) is 15.1. The third kappa shape index (κ3) is 6.39. The smallest absolute Gasteiger partial charge is 0.475 e. The Balaban J connectivity index is 0.000000360. The summed E-state index contributed by atoms with van der Waals surface area (Å²) in [7, 11) is 2.22. The largest absolute Gasteiger partial charge is 0.490 e. The van der Waals surface area contributed by atoms with Crippen LogP contribution in [-0.4, -0.2) is 70.5 Å². The van der Waals surface area contributed by atoms with E-state index in [-0.39, 0.29) is 5.60 Å². The molecule has 2 aliphatic rings. The molecule has 1 spiro atoms. The van der Waals surface area contributed by atoms with Crippen molar-refractivity contribution >= 4 is 23.3 Å². The Morgan fingerprint density at radius 2 is 1.97 bits per heavy atom. The van der Waals surface area contributed by atoms with Gasteiger partial charge < -0.3 is 14.7 Å². The highest BCUT2D eigenvalue weighted by molar-refractivity contribution is 7.09. The number of piperidine rings is 1. The number of nitrogens with zero attached hydrogens (tertiary/aromatic N) is 4. The minimum atomic E-state index is -5.08. The topological polar surface area (TPSA) is 78.8 Å². The molecule has 2 aliphatic heterocycles. The fraction of sp³-hybridized carbons (Fsp3) is 0.571. The van der Waals surface area contributed by atoms with Crippen molar-refractivity contribution in [3.8, 4) is 0 Å². The van der Waals surface area contributed by atoms with Crippen LogP contribution in [-0.2, 0) is 16.1 Å². The van der Waals surface area contributed by atoms with Crippen molar-refractivity contribution in [3.63, 3.8) is 0 Å². The minimum Gasteiger partial charge on any atom is -0.475 e. The van der Waals surface area contributed by atoms with Gasteiger partial charge in [0.1, 0.15) is 0 Å². The van der Waals surface area contributed by atoms with Crippen LogP contribution in [0.4, 0.5) is 19.1 Å². The predicted molar refractivity (Wildman–Crippen MR) is 115 cm³/mol. The molecule has 1 N–H and O–H groups in total. The molecule has 4 heterocycles. The van der Waals surface area contributed by atoms with Gasteiger partial charge in [0.2, 0.25) is 5.95 Å². The van der Waals surface area contributed by atoms with E-state index in [0.717, 1.165) is 57.0 Å². The van der Waals surface area contributed by atoms with E-state index in [2.05, 4.69) is 44.3 Å². The molecule has 2 fully saturated rings. The monoisotopic (exact) mass is 472 g/mol. The summed E-state index contributed by atoms with van der Waals surface area (Å²) < 4.78 is 38.1. The van der Waals surface area contributed by atoms with Crippen molar-refractivity contribution in [3.05, 3.63) is 40.3 Å². The summed E-state index contributed by atoms with van der Waals surface area (Å²) in [4.78, 5) is 24.0. The zero-order valence-corrected chi connectivity index (χ0v) is 18.8. The number of aryl methyl sites for hydroxylation is 1. The zero-order valence-electron chi connectivity index (χ0n) is 18.0. The Kier molecular flexibility index (Phi) is 7.73. The van der Waals surface area contributed by atoms with Gasteiger partial charge >= 0.3 is 12.1 Å². The molecule has 2 aromatic heterocycles. The summed E-state index contributed by atoms with van der Waals surface area (Å²) >= 11 is 1.83. The molecule has 32 heavy (non-hydrogen) atoms. The third-order valence-electron chi connectivity index (χ3n) is 5.77. The molecule has 11 heteroatoms. The second-order valence-electron chi connectivity index (χ2n) is 8.20. The maximum Gasteiger partial charge on any atom is 0.490 e. The number of anilines is 1. The molecule has 0 radical (unpaired) electrons. The molecule has 0 saturated carbocycles. The lowest BCUT2D eigenvalue weighted by Gasteiger charge is -2.39. The van der Waals surface area contributed by atoms with Crippen LogP contribution in [0, 0.1) is 6.92 Å². The number of aromatic nitrogens is 2. The Morgan fingerprint density at radius 1 is 1.34 bits per heavy atom. The van der Waals surface area contributed by atoms with Crippen LogP contribution < -0.4 is 4.90 Å². The number of likely N-dealkylation sites (N-methyl/N-ethyl adjacent to an activating group) is 1. The zero-order chi connectivity index (χ0) is 23.4. The van der Waals surface area contributed by atoms with Crippen molar-refractivity contribution in [2.45, 2.75) is 50.6 Å². The van der Waals surface area contributed by atoms with Crippen molar-refractivity contribution < 1.29 is 27.8 Å². The number of aliphatic carboxylic acids is 1. The van der Waals surface area contributed by atoms with Gasteiger partial charge in [-0.1, -0.05) is 6.07 Å². The number of carboxylic acid groups (broad SMARTS) is 1. The molecule has 2 saturated heterocycles. The molecule has 0 amide bonds. The van der Waals surface area contributed by atoms with E-state index in [1.54, 1.807) is 0 Å². The molecule has 0 aliphatic carbocycles. The summed E-state index contributed by atoms with van der Waals surface area (Å²) in [5.74, 6) is -1.91. The van der Waals surface area contributed by atoms with Crippen molar-refractivity contribution in [1.29, 1.82) is 0 Å². The first kappa shape index (κ1) is 24.4. The second kappa shape index (κ2) is 10.1. The fourth-order valence-corrected chi connectivity index (χ4v) is 4.66. The minimum absolute atomic E-state index is 0.0512. The summed E-state index contributed by atoms with van der Waals surface area (Å²) in [6.45, 7) is 5.84. The maximum absolute atomic E-state index is 10.6. The first-order valence-electron chi connectivity index (χ1n) is 10.3. The van der Waals surface area contributed by atoms with Gasteiger partial charge in [0.25, 0.3) is 0 Å². The van der Waals surface area contributed by atoms with E-state index in [0.29, 0.717) is 6.04 Å². The lowest BCUT2D eigenvalue weighted by molar-refractivity contribution is -0.192. The molecule has 2 aromatic rings. The maximum atomic E-state index is 10.6. The Hall–Kier alpha value is -2.24. The Morgan fingerprint density at radius 3 is 2.50 bits per heavy atom. The molecule has 0 aromatic carbocycles. The van der Waals surface area contributed by atoms with E-state index in [9.17, 15) is 13.2 Å². The Labute approximate surface area is 188 Å². The number of carboxylic acids is 1. The van der Waals surface area contributed by atoms with Crippen LogP contribution in [0.25, 0.3) is 0 Å². The standard InChI is InChI=1S/C19H26N4OS.C2HF3O2/c1-15-11-20-18(21-12-15)23-7-5-19(6-8-23)10-16(14-24-19)22(2)13-17-4-3-9-25-17;3-2(4,5)1(6)7/h3-4,9,11-12,16H,5-8,10,13-14H2,1-2H3;(H,6,7). The average Bonchev–Trinajstić information content (AvgIpc) is 3.40. The van der Waals surface area contributed by atoms with E-state index >= 15 is 0 Å². The van der Waals surface area contributed by atoms with Gasteiger partial charge in [0.05, 0.1) is 12.2 Å². The summed E-state index contributed by atoms with van der Waals surface area (Å²) in [5.41, 5.74) is 1.16. The summed E-state index contributed by atoms with van der Waals surface area (Å²) in [6, 6.07) is 4.86. The molecule has 0 bridgehead atoms. The van der Waals surface area contributed by atoms with Crippen LogP contribution in [0.2, 0.25) is 0 Å². The number of hydrogen-bond donors (Lipinski definition) is 1. The molecule has 176 valence electrons. The van der Waals surface area contributed by atoms with E-state index in [1.807, 2.05) is 30.7 Å². The quantitative estimate of drug-likeness (QED) is 0.726. The molecule has 1 unspecified atom stereocenters. The molecule has 4 rings (SSSR count). The van der Waals surface area contributed by atoms with Crippen LogP contribution >= 0.6 is 11.3 Å². The van der Waals surface area contributed by atoms with Crippen LogP contribution in [0.1, 0.15) is 29.7 Å². The molecular formula is C21H27F3N4O3S. The Bertz CT molecular complexity index is 869. The third-order valence-corrected chi connectivity index (χ3v) is 6.63.